The van der Waals surface area contributed by atoms with Gasteiger partial charge in [0, 0.05) is 32.4 Å². The number of allylic oxidation sites excluding steroid dienone is 1. The fourth-order valence-electron chi connectivity index (χ4n) is 2.75. The quantitative estimate of drug-likeness (QED) is 0.321. The molecule has 1 heterocycles. The zero-order chi connectivity index (χ0) is 19.5. The number of guanidine groups is 1. The molecule has 0 aliphatic heterocycles. The zero-order valence-electron chi connectivity index (χ0n) is 16.4. The molecule has 0 bridgehead atoms. The van der Waals surface area contributed by atoms with Gasteiger partial charge in [0.2, 0.25) is 0 Å². The monoisotopic (exact) mass is 366 g/mol. The van der Waals surface area contributed by atoms with E-state index >= 15 is 0 Å². The number of unbranched alkanes of at least 4 members (excludes halogenated alkanes) is 1. The van der Waals surface area contributed by atoms with E-state index in [1.807, 2.05) is 18.3 Å². The highest BCUT2D eigenvalue weighted by atomic mass is 16.1. The van der Waals surface area contributed by atoms with Crippen molar-refractivity contribution in [3.05, 3.63) is 82.8 Å². The van der Waals surface area contributed by atoms with Gasteiger partial charge in [0.25, 0.3) is 5.56 Å². The third kappa shape index (κ3) is 6.77. The van der Waals surface area contributed by atoms with Crippen molar-refractivity contribution in [2.24, 2.45) is 4.99 Å². The molecule has 1 aromatic carbocycles. The molecule has 27 heavy (non-hydrogen) atoms. The van der Waals surface area contributed by atoms with Crippen LogP contribution >= 0.6 is 0 Å². The maximum absolute atomic E-state index is 11.8. The highest BCUT2D eigenvalue weighted by molar-refractivity contribution is 5.79. The summed E-state index contributed by atoms with van der Waals surface area (Å²) in [4.78, 5) is 18.7. The van der Waals surface area contributed by atoms with Crippen molar-refractivity contribution in [2.45, 2.75) is 32.9 Å². The van der Waals surface area contributed by atoms with Crippen LogP contribution in [0.3, 0.4) is 0 Å². The molecular weight excluding hydrogens is 336 g/mol. The fourth-order valence-corrected chi connectivity index (χ4v) is 2.75. The highest BCUT2D eigenvalue weighted by Crippen LogP contribution is 2.07. The number of benzene rings is 1. The molecule has 5 heteroatoms. The van der Waals surface area contributed by atoms with Gasteiger partial charge in [-0.05, 0) is 37.0 Å². The van der Waals surface area contributed by atoms with E-state index in [0.717, 1.165) is 43.0 Å². The van der Waals surface area contributed by atoms with Crippen LogP contribution in [0.5, 0.6) is 0 Å². The van der Waals surface area contributed by atoms with E-state index in [4.69, 9.17) is 4.99 Å². The van der Waals surface area contributed by atoms with E-state index in [1.54, 1.807) is 16.7 Å². The summed E-state index contributed by atoms with van der Waals surface area (Å²) in [6.07, 6.45) is 5.84. The smallest absolute Gasteiger partial charge is 0.250 e. The van der Waals surface area contributed by atoms with Crippen LogP contribution in [0.15, 0.2) is 71.1 Å². The number of aliphatic imine (C=N–C) groups is 1. The van der Waals surface area contributed by atoms with E-state index in [1.165, 1.54) is 0 Å². The molecule has 2 aromatic rings. The number of pyridine rings is 1. The SMILES string of the molecule is C=CCCCN(C)C(=NCc1ccc(Cn2ccccc2=O)cc1)NCC. The van der Waals surface area contributed by atoms with Crippen LogP contribution in [0, 0.1) is 0 Å². The molecule has 1 aromatic heterocycles. The molecule has 0 saturated heterocycles. The number of rotatable bonds is 9. The maximum Gasteiger partial charge on any atom is 0.250 e. The first-order valence-electron chi connectivity index (χ1n) is 9.47. The molecule has 144 valence electrons. The number of hydrogen-bond donors (Lipinski definition) is 1. The lowest BCUT2D eigenvalue weighted by Gasteiger charge is -2.21. The fraction of sp³-hybridized carbons (Fsp3) is 0.364. The summed E-state index contributed by atoms with van der Waals surface area (Å²) in [5.41, 5.74) is 2.26. The molecule has 0 fully saturated rings. The van der Waals surface area contributed by atoms with Crippen LogP contribution < -0.4 is 10.9 Å². The van der Waals surface area contributed by atoms with Crippen molar-refractivity contribution in [1.29, 1.82) is 0 Å². The molecule has 1 N–H and O–H groups in total. The van der Waals surface area contributed by atoms with E-state index in [-0.39, 0.29) is 5.56 Å². The van der Waals surface area contributed by atoms with E-state index < -0.39 is 0 Å². The van der Waals surface area contributed by atoms with E-state index in [0.29, 0.717) is 13.1 Å². The van der Waals surface area contributed by atoms with Gasteiger partial charge in [0.1, 0.15) is 0 Å². The van der Waals surface area contributed by atoms with Gasteiger partial charge in [-0.2, -0.15) is 0 Å². The van der Waals surface area contributed by atoms with Crippen molar-refractivity contribution in [3.63, 3.8) is 0 Å². The minimum absolute atomic E-state index is 0.0148. The Morgan fingerprint density at radius 3 is 2.63 bits per heavy atom. The van der Waals surface area contributed by atoms with Crippen molar-refractivity contribution in [1.82, 2.24) is 14.8 Å². The molecule has 5 nitrogen and oxygen atoms in total. The van der Waals surface area contributed by atoms with Gasteiger partial charge in [0.05, 0.1) is 13.1 Å². The predicted octanol–water partition coefficient (Wildman–Crippen LogP) is 3.26. The molecule has 0 spiro atoms. The second-order valence-electron chi connectivity index (χ2n) is 6.51. The molecule has 2 rings (SSSR count). The number of nitrogens with one attached hydrogen (secondary N) is 1. The van der Waals surface area contributed by atoms with Gasteiger partial charge in [-0.3, -0.25) is 4.79 Å². The van der Waals surface area contributed by atoms with E-state index in [9.17, 15) is 4.79 Å². The largest absolute Gasteiger partial charge is 0.357 e. The van der Waals surface area contributed by atoms with Gasteiger partial charge in [-0.15, -0.1) is 6.58 Å². The van der Waals surface area contributed by atoms with E-state index in [2.05, 4.69) is 55.0 Å². The van der Waals surface area contributed by atoms with Crippen molar-refractivity contribution < 1.29 is 0 Å². The first-order valence-corrected chi connectivity index (χ1v) is 9.47. The van der Waals surface area contributed by atoms with Crippen LogP contribution in [-0.4, -0.2) is 35.6 Å². The zero-order valence-corrected chi connectivity index (χ0v) is 16.4. The minimum Gasteiger partial charge on any atom is -0.357 e. The van der Waals surface area contributed by atoms with Gasteiger partial charge < -0.3 is 14.8 Å². The number of hydrogen-bond acceptors (Lipinski definition) is 2. The van der Waals surface area contributed by atoms with Gasteiger partial charge in [-0.1, -0.05) is 36.4 Å². The van der Waals surface area contributed by atoms with Gasteiger partial charge in [0.15, 0.2) is 5.96 Å². The van der Waals surface area contributed by atoms with Crippen LogP contribution in [0.25, 0.3) is 0 Å². The molecule has 0 atom stereocenters. The second-order valence-corrected chi connectivity index (χ2v) is 6.51. The summed E-state index contributed by atoms with van der Waals surface area (Å²) in [5, 5.41) is 3.34. The lowest BCUT2D eigenvalue weighted by Crippen LogP contribution is -2.39. The summed E-state index contributed by atoms with van der Waals surface area (Å²) >= 11 is 0. The third-order valence-corrected chi connectivity index (χ3v) is 4.28. The Morgan fingerprint density at radius 1 is 1.22 bits per heavy atom. The van der Waals surface area contributed by atoms with Crippen LogP contribution in [0.2, 0.25) is 0 Å². The molecule has 0 saturated carbocycles. The summed E-state index contributed by atoms with van der Waals surface area (Å²) in [6.45, 7) is 8.84. The van der Waals surface area contributed by atoms with Crippen molar-refractivity contribution in [3.8, 4) is 0 Å². The Balaban J connectivity index is 1.98. The molecule has 0 unspecified atom stereocenters. The lowest BCUT2D eigenvalue weighted by molar-refractivity contribution is 0.470. The van der Waals surface area contributed by atoms with Crippen LogP contribution in [-0.2, 0) is 13.1 Å². The first kappa shape index (κ1) is 20.5. The summed E-state index contributed by atoms with van der Waals surface area (Å²) < 4.78 is 1.70. The molecule has 0 radical (unpaired) electrons. The normalized spacial score (nSPS) is 11.3. The standard InChI is InChI=1S/C22H30N4O/c1-4-6-8-15-25(3)22(23-5-2)24-17-19-11-13-20(14-12-19)18-26-16-9-7-10-21(26)27/h4,7,9-14,16H,1,5-6,8,15,17-18H2,2-3H3,(H,23,24). The third-order valence-electron chi connectivity index (χ3n) is 4.28. The number of nitrogens with zero attached hydrogens (tertiary/aromatic N) is 3. The minimum atomic E-state index is 0.0148. The molecular formula is C22H30N4O. The van der Waals surface area contributed by atoms with Crippen LogP contribution in [0.4, 0.5) is 0 Å². The Morgan fingerprint density at radius 2 is 1.96 bits per heavy atom. The molecule has 0 amide bonds. The maximum atomic E-state index is 11.8. The average molecular weight is 367 g/mol. The summed E-state index contributed by atoms with van der Waals surface area (Å²) in [5.74, 6) is 0.918. The van der Waals surface area contributed by atoms with Crippen molar-refractivity contribution in [2.75, 3.05) is 20.1 Å². The summed E-state index contributed by atoms with van der Waals surface area (Å²) in [7, 11) is 2.06. The highest BCUT2D eigenvalue weighted by Gasteiger charge is 2.05. The van der Waals surface area contributed by atoms with Gasteiger partial charge in [-0.25, -0.2) is 4.99 Å². The summed E-state index contributed by atoms with van der Waals surface area (Å²) in [6, 6.07) is 13.5. The Bertz CT molecular complexity index is 792. The predicted molar refractivity (Wildman–Crippen MR) is 113 cm³/mol. The Kier molecular flexibility index (Phi) is 8.36. The average Bonchev–Trinajstić information content (AvgIpc) is 2.68. The Hall–Kier alpha value is -2.82. The first-order chi connectivity index (χ1) is 13.1. The van der Waals surface area contributed by atoms with Gasteiger partial charge >= 0.3 is 0 Å². The lowest BCUT2D eigenvalue weighted by atomic mass is 10.1. The second kappa shape index (κ2) is 11.0. The van der Waals surface area contributed by atoms with Crippen molar-refractivity contribution >= 4 is 5.96 Å². The topological polar surface area (TPSA) is 49.6 Å². The Labute approximate surface area is 162 Å². The van der Waals surface area contributed by atoms with Crippen LogP contribution in [0.1, 0.15) is 30.9 Å². The molecule has 0 aliphatic carbocycles. The molecule has 0 aliphatic rings. The number of aromatic nitrogens is 1.